The van der Waals surface area contributed by atoms with E-state index in [0.717, 1.165) is 42.4 Å². The molecule has 1 N–H and O–H groups in total. The largest absolute Gasteiger partial charge is 0.353 e. The van der Waals surface area contributed by atoms with Crippen LogP contribution in [0.25, 0.3) is 0 Å². The van der Waals surface area contributed by atoms with Crippen LogP contribution in [-0.2, 0) is 14.8 Å². The Hall–Kier alpha value is -1.40. The van der Waals surface area contributed by atoms with Gasteiger partial charge in [0, 0.05) is 19.1 Å². The number of hydrogen-bond acceptors (Lipinski definition) is 3. The molecule has 2 aliphatic rings. The van der Waals surface area contributed by atoms with Crippen molar-refractivity contribution in [2.24, 2.45) is 5.92 Å². The predicted octanol–water partition coefficient (Wildman–Crippen LogP) is 3.07. The highest BCUT2D eigenvalue weighted by molar-refractivity contribution is 7.89. The highest BCUT2D eigenvalue weighted by Gasteiger charge is 2.35. The van der Waals surface area contributed by atoms with E-state index in [2.05, 4.69) is 5.32 Å². The van der Waals surface area contributed by atoms with Crippen molar-refractivity contribution in [3.63, 3.8) is 0 Å². The third-order valence-electron chi connectivity index (χ3n) is 5.66. The fourth-order valence-electron chi connectivity index (χ4n) is 4.47. The van der Waals surface area contributed by atoms with E-state index in [1.807, 2.05) is 32.9 Å². The molecule has 1 aliphatic heterocycles. The first-order chi connectivity index (χ1) is 12.3. The van der Waals surface area contributed by atoms with E-state index in [1.54, 1.807) is 0 Å². The van der Waals surface area contributed by atoms with Crippen LogP contribution in [0.2, 0.25) is 0 Å². The SMILES string of the molecule is Cc1cc(C)c(S(=O)(=O)N2CCC[C@H](C(=O)NC3CCCC3)C2)c(C)c1. The van der Waals surface area contributed by atoms with Gasteiger partial charge in [-0.05, 0) is 57.6 Å². The number of aryl methyl sites for hydroxylation is 3. The number of piperidine rings is 1. The number of hydrogen-bond donors (Lipinski definition) is 1. The number of rotatable bonds is 4. The summed E-state index contributed by atoms with van der Waals surface area (Å²) in [5, 5.41) is 3.13. The van der Waals surface area contributed by atoms with Crippen LogP contribution in [0.15, 0.2) is 17.0 Å². The number of nitrogens with one attached hydrogen (secondary N) is 1. The van der Waals surface area contributed by atoms with Crippen molar-refractivity contribution in [3.8, 4) is 0 Å². The summed E-state index contributed by atoms with van der Waals surface area (Å²) in [7, 11) is -3.58. The zero-order valence-corrected chi connectivity index (χ0v) is 16.9. The van der Waals surface area contributed by atoms with Crippen LogP contribution >= 0.6 is 0 Å². The minimum Gasteiger partial charge on any atom is -0.353 e. The standard InChI is InChI=1S/C20H30N2O3S/c1-14-11-15(2)19(16(3)12-14)26(24,25)22-10-6-7-17(13-22)20(23)21-18-8-4-5-9-18/h11-12,17-18H,4-10,13H2,1-3H3,(H,21,23)/t17-/m0/s1. The number of carbonyl (C=O) groups is 1. The topological polar surface area (TPSA) is 66.5 Å². The van der Waals surface area contributed by atoms with E-state index < -0.39 is 10.0 Å². The summed E-state index contributed by atoms with van der Waals surface area (Å²) >= 11 is 0. The molecule has 0 spiro atoms. The van der Waals surface area contributed by atoms with Gasteiger partial charge in [-0.15, -0.1) is 0 Å². The fourth-order valence-corrected chi connectivity index (χ4v) is 6.40. The quantitative estimate of drug-likeness (QED) is 0.876. The van der Waals surface area contributed by atoms with Gasteiger partial charge in [-0.3, -0.25) is 4.79 Å². The summed E-state index contributed by atoms with van der Waals surface area (Å²) in [6.45, 7) is 6.44. The molecule has 0 unspecified atom stereocenters. The summed E-state index contributed by atoms with van der Waals surface area (Å²) in [4.78, 5) is 13.0. The van der Waals surface area contributed by atoms with Gasteiger partial charge in [0.2, 0.25) is 15.9 Å². The third kappa shape index (κ3) is 3.96. The molecule has 1 heterocycles. The van der Waals surface area contributed by atoms with E-state index in [-0.39, 0.29) is 24.4 Å². The Labute approximate surface area is 157 Å². The van der Waals surface area contributed by atoms with Crippen LogP contribution < -0.4 is 5.32 Å². The van der Waals surface area contributed by atoms with Crippen LogP contribution in [0, 0.1) is 26.7 Å². The Morgan fingerprint density at radius 2 is 1.65 bits per heavy atom. The van der Waals surface area contributed by atoms with Gasteiger partial charge < -0.3 is 5.32 Å². The lowest BCUT2D eigenvalue weighted by atomic mass is 9.98. The molecule has 3 rings (SSSR count). The molecular formula is C20H30N2O3S. The highest BCUT2D eigenvalue weighted by atomic mass is 32.2. The normalized spacial score (nSPS) is 22.5. The smallest absolute Gasteiger partial charge is 0.243 e. The molecule has 1 aliphatic carbocycles. The van der Waals surface area contributed by atoms with E-state index in [4.69, 9.17) is 0 Å². The lowest BCUT2D eigenvalue weighted by molar-refractivity contribution is -0.126. The van der Waals surface area contributed by atoms with Gasteiger partial charge in [0.25, 0.3) is 0 Å². The van der Waals surface area contributed by atoms with E-state index in [9.17, 15) is 13.2 Å². The number of carbonyl (C=O) groups excluding carboxylic acids is 1. The Morgan fingerprint density at radius 3 is 2.27 bits per heavy atom. The van der Waals surface area contributed by atoms with Gasteiger partial charge in [-0.2, -0.15) is 4.31 Å². The highest BCUT2D eigenvalue weighted by Crippen LogP contribution is 2.29. The molecular weight excluding hydrogens is 348 g/mol. The molecule has 26 heavy (non-hydrogen) atoms. The Kier molecular flexibility index (Phi) is 5.72. The number of sulfonamides is 1. The molecule has 144 valence electrons. The molecule has 1 aromatic rings. The second-order valence-corrected chi connectivity index (χ2v) is 9.79. The van der Waals surface area contributed by atoms with Crippen molar-refractivity contribution in [1.82, 2.24) is 9.62 Å². The predicted molar refractivity (Wildman–Crippen MR) is 103 cm³/mol. The van der Waals surface area contributed by atoms with Crippen molar-refractivity contribution in [2.75, 3.05) is 13.1 Å². The zero-order valence-electron chi connectivity index (χ0n) is 16.0. The maximum absolute atomic E-state index is 13.2. The fraction of sp³-hybridized carbons (Fsp3) is 0.650. The van der Waals surface area contributed by atoms with Gasteiger partial charge in [0.05, 0.1) is 10.8 Å². The van der Waals surface area contributed by atoms with Gasteiger partial charge in [-0.1, -0.05) is 30.5 Å². The summed E-state index contributed by atoms with van der Waals surface area (Å²) < 4.78 is 28.0. The van der Waals surface area contributed by atoms with Crippen LogP contribution in [0.5, 0.6) is 0 Å². The second kappa shape index (κ2) is 7.69. The lowest BCUT2D eigenvalue weighted by Crippen LogP contribution is -2.47. The molecule has 1 saturated carbocycles. The van der Waals surface area contributed by atoms with Crippen molar-refractivity contribution in [2.45, 2.75) is 70.2 Å². The Balaban J connectivity index is 1.77. The molecule has 6 heteroatoms. The van der Waals surface area contributed by atoms with Crippen molar-refractivity contribution >= 4 is 15.9 Å². The summed E-state index contributed by atoms with van der Waals surface area (Å²) in [5.41, 5.74) is 2.62. The molecule has 0 bridgehead atoms. The maximum atomic E-state index is 13.2. The summed E-state index contributed by atoms with van der Waals surface area (Å²) in [6, 6.07) is 4.10. The molecule has 1 amide bonds. The summed E-state index contributed by atoms with van der Waals surface area (Å²) in [5.74, 6) is -0.223. The number of benzene rings is 1. The maximum Gasteiger partial charge on any atom is 0.243 e. The van der Waals surface area contributed by atoms with Crippen LogP contribution in [0.3, 0.4) is 0 Å². The first-order valence-corrected chi connectivity index (χ1v) is 11.1. The Bertz CT molecular complexity index is 759. The van der Waals surface area contributed by atoms with Crippen LogP contribution in [-0.4, -0.2) is 37.8 Å². The molecule has 1 atom stereocenters. The van der Waals surface area contributed by atoms with Crippen LogP contribution in [0.4, 0.5) is 0 Å². The first-order valence-electron chi connectivity index (χ1n) is 9.67. The molecule has 2 fully saturated rings. The van der Waals surface area contributed by atoms with Crippen molar-refractivity contribution in [1.29, 1.82) is 0 Å². The number of nitrogens with zero attached hydrogens (tertiary/aromatic N) is 1. The molecule has 5 nitrogen and oxygen atoms in total. The third-order valence-corrected chi connectivity index (χ3v) is 7.83. The van der Waals surface area contributed by atoms with Crippen LogP contribution in [0.1, 0.15) is 55.2 Å². The van der Waals surface area contributed by atoms with Gasteiger partial charge in [-0.25, -0.2) is 8.42 Å². The first kappa shape index (κ1) is 19.4. The molecule has 0 aromatic heterocycles. The molecule has 1 aromatic carbocycles. The van der Waals surface area contributed by atoms with Gasteiger partial charge >= 0.3 is 0 Å². The lowest BCUT2D eigenvalue weighted by Gasteiger charge is -2.32. The second-order valence-electron chi connectivity index (χ2n) is 7.92. The minimum absolute atomic E-state index is 0.0224. The van der Waals surface area contributed by atoms with E-state index >= 15 is 0 Å². The van der Waals surface area contributed by atoms with Crippen molar-refractivity contribution in [3.05, 3.63) is 28.8 Å². The van der Waals surface area contributed by atoms with E-state index in [1.165, 1.54) is 17.1 Å². The molecule has 0 radical (unpaired) electrons. The van der Waals surface area contributed by atoms with Crippen molar-refractivity contribution < 1.29 is 13.2 Å². The average Bonchev–Trinajstić information content (AvgIpc) is 3.06. The monoisotopic (exact) mass is 378 g/mol. The minimum atomic E-state index is -3.58. The number of amides is 1. The Morgan fingerprint density at radius 1 is 1.04 bits per heavy atom. The summed E-state index contributed by atoms with van der Waals surface area (Å²) in [6.07, 6.45) is 5.91. The van der Waals surface area contributed by atoms with E-state index in [0.29, 0.717) is 11.4 Å². The average molecular weight is 379 g/mol. The molecule has 1 saturated heterocycles. The van der Waals surface area contributed by atoms with Gasteiger partial charge in [0.15, 0.2) is 0 Å². The van der Waals surface area contributed by atoms with Gasteiger partial charge in [0.1, 0.15) is 0 Å². The zero-order chi connectivity index (χ0) is 18.9.